The second-order valence-corrected chi connectivity index (χ2v) is 4.90. The molecule has 2 rings (SSSR count). The Morgan fingerprint density at radius 3 is 2.60 bits per heavy atom. The van der Waals surface area contributed by atoms with Crippen molar-refractivity contribution in [1.82, 2.24) is 4.98 Å². The predicted octanol–water partition coefficient (Wildman–Crippen LogP) is 3.11. The van der Waals surface area contributed by atoms with Crippen LogP contribution in [0, 0.1) is 0 Å². The van der Waals surface area contributed by atoms with Gasteiger partial charge in [-0.05, 0) is 42.3 Å². The van der Waals surface area contributed by atoms with E-state index in [1.54, 1.807) is 24.5 Å². The lowest BCUT2D eigenvalue weighted by atomic mass is 10.1. The summed E-state index contributed by atoms with van der Waals surface area (Å²) in [5, 5.41) is 9.20. The number of aromatic carboxylic acids is 1. The van der Waals surface area contributed by atoms with Gasteiger partial charge in [-0.3, -0.25) is 4.98 Å². The van der Waals surface area contributed by atoms with Crippen molar-refractivity contribution >= 4 is 23.3 Å². The van der Waals surface area contributed by atoms with E-state index in [0.717, 1.165) is 18.7 Å². The van der Waals surface area contributed by atoms with Gasteiger partial charge in [0.25, 0.3) is 0 Å². The summed E-state index contributed by atoms with van der Waals surface area (Å²) in [7, 11) is 1.95. The van der Waals surface area contributed by atoms with Gasteiger partial charge in [-0.2, -0.15) is 0 Å². The number of benzene rings is 1. The monoisotopic (exact) mass is 290 g/mol. The van der Waals surface area contributed by atoms with E-state index >= 15 is 0 Å². The van der Waals surface area contributed by atoms with Gasteiger partial charge < -0.3 is 10.0 Å². The highest BCUT2D eigenvalue weighted by Crippen LogP contribution is 2.23. The minimum absolute atomic E-state index is 0.123. The van der Waals surface area contributed by atoms with E-state index in [1.165, 1.54) is 11.6 Å². The van der Waals surface area contributed by atoms with Crippen LogP contribution in [0.4, 0.5) is 5.69 Å². The first-order chi connectivity index (χ1) is 9.58. The van der Waals surface area contributed by atoms with Crippen molar-refractivity contribution in [1.29, 1.82) is 0 Å². The fourth-order valence-electron chi connectivity index (χ4n) is 1.89. The van der Waals surface area contributed by atoms with Gasteiger partial charge in [0.15, 0.2) is 0 Å². The van der Waals surface area contributed by atoms with E-state index in [4.69, 9.17) is 16.7 Å². The van der Waals surface area contributed by atoms with Crippen molar-refractivity contribution in [2.45, 2.75) is 6.42 Å². The Balaban J connectivity index is 2.04. The van der Waals surface area contributed by atoms with Crippen LogP contribution in [0.3, 0.4) is 0 Å². The fraction of sp³-hybridized carbons (Fsp3) is 0.200. The third-order valence-electron chi connectivity index (χ3n) is 3.11. The van der Waals surface area contributed by atoms with E-state index < -0.39 is 5.97 Å². The highest BCUT2D eigenvalue weighted by molar-refractivity contribution is 6.33. The summed E-state index contributed by atoms with van der Waals surface area (Å²) in [6.45, 7) is 0.812. The quantitative estimate of drug-likeness (QED) is 0.919. The SMILES string of the molecule is CN(CCc1ccncc1)c1ccc(C(=O)O)c(Cl)c1. The molecule has 0 radical (unpaired) electrons. The van der Waals surface area contributed by atoms with Gasteiger partial charge in [0.2, 0.25) is 0 Å². The molecule has 0 aliphatic rings. The summed E-state index contributed by atoms with van der Waals surface area (Å²) >= 11 is 5.97. The molecule has 0 saturated heterocycles. The molecule has 2 aromatic rings. The first-order valence-corrected chi connectivity index (χ1v) is 6.58. The third-order valence-corrected chi connectivity index (χ3v) is 3.42. The van der Waals surface area contributed by atoms with Crippen LogP contribution in [-0.2, 0) is 6.42 Å². The number of anilines is 1. The molecule has 20 heavy (non-hydrogen) atoms. The zero-order valence-electron chi connectivity index (χ0n) is 11.1. The summed E-state index contributed by atoms with van der Waals surface area (Å²) in [6.07, 6.45) is 4.43. The average molecular weight is 291 g/mol. The Bertz CT molecular complexity index is 602. The number of pyridine rings is 1. The van der Waals surface area contributed by atoms with Crippen LogP contribution in [0.2, 0.25) is 5.02 Å². The topological polar surface area (TPSA) is 53.4 Å². The number of aromatic nitrogens is 1. The van der Waals surface area contributed by atoms with E-state index in [9.17, 15) is 4.79 Å². The highest BCUT2D eigenvalue weighted by atomic mass is 35.5. The van der Waals surface area contributed by atoms with E-state index in [-0.39, 0.29) is 10.6 Å². The molecule has 5 heteroatoms. The molecule has 0 atom stereocenters. The van der Waals surface area contributed by atoms with Crippen LogP contribution in [0.5, 0.6) is 0 Å². The van der Waals surface area contributed by atoms with Crippen LogP contribution < -0.4 is 4.90 Å². The molecule has 0 fully saturated rings. The Kier molecular flexibility index (Phi) is 4.58. The minimum atomic E-state index is -1.01. The molecule has 1 aromatic heterocycles. The molecular weight excluding hydrogens is 276 g/mol. The molecule has 0 amide bonds. The number of hydrogen-bond donors (Lipinski definition) is 1. The van der Waals surface area contributed by atoms with Crippen LogP contribution in [0.1, 0.15) is 15.9 Å². The lowest BCUT2D eigenvalue weighted by molar-refractivity contribution is 0.0697. The van der Waals surface area contributed by atoms with Crippen molar-refractivity contribution in [3.05, 3.63) is 58.9 Å². The standard InChI is InChI=1S/C15H15ClN2O2/c1-18(9-6-11-4-7-17-8-5-11)12-2-3-13(15(19)20)14(16)10-12/h2-5,7-8,10H,6,9H2,1H3,(H,19,20). The number of carboxylic acids is 1. The molecule has 0 spiro atoms. The zero-order chi connectivity index (χ0) is 14.5. The summed E-state index contributed by atoms with van der Waals surface area (Å²) < 4.78 is 0. The third kappa shape index (κ3) is 3.48. The molecule has 0 unspecified atom stereocenters. The maximum Gasteiger partial charge on any atom is 0.337 e. The largest absolute Gasteiger partial charge is 0.478 e. The molecule has 1 heterocycles. The smallest absolute Gasteiger partial charge is 0.337 e. The first kappa shape index (κ1) is 14.3. The number of halogens is 1. The van der Waals surface area contributed by atoms with Crippen molar-refractivity contribution in [3.8, 4) is 0 Å². The molecule has 1 aromatic carbocycles. The number of likely N-dealkylation sites (N-methyl/N-ethyl adjacent to an activating group) is 1. The van der Waals surface area contributed by atoms with Gasteiger partial charge in [0.05, 0.1) is 10.6 Å². The molecule has 0 saturated carbocycles. The van der Waals surface area contributed by atoms with Crippen molar-refractivity contribution < 1.29 is 9.90 Å². The summed E-state index contributed by atoms with van der Waals surface area (Å²) in [5.74, 6) is -1.01. The molecular formula is C15H15ClN2O2. The highest BCUT2D eigenvalue weighted by Gasteiger charge is 2.10. The Hall–Kier alpha value is -2.07. The minimum Gasteiger partial charge on any atom is -0.478 e. The predicted molar refractivity (Wildman–Crippen MR) is 79.6 cm³/mol. The number of nitrogens with zero attached hydrogens (tertiary/aromatic N) is 2. The van der Waals surface area contributed by atoms with E-state index in [2.05, 4.69) is 4.98 Å². The normalized spacial score (nSPS) is 10.3. The number of hydrogen-bond acceptors (Lipinski definition) is 3. The second kappa shape index (κ2) is 6.39. The van der Waals surface area contributed by atoms with Crippen LogP contribution in [0.15, 0.2) is 42.7 Å². The Morgan fingerprint density at radius 2 is 2.00 bits per heavy atom. The van der Waals surface area contributed by atoms with Gasteiger partial charge in [0, 0.05) is 31.7 Å². The van der Waals surface area contributed by atoms with Gasteiger partial charge in [-0.1, -0.05) is 11.6 Å². The average Bonchev–Trinajstić information content (AvgIpc) is 2.45. The van der Waals surface area contributed by atoms with E-state index in [1.807, 2.05) is 24.1 Å². The summed E-state index contributed by atoms with van der Waals surface area (Å²) in [6, 6.07) is 8.94. The van der Waals surface area contributed by atoms with E-state index in [0.29, 0.717) is 0 Å². The molecule has 0 aliphatic heterocycles. The number of carboxylic acid groups (broad SMARTS) is 1. The van der Waals surface area contributed by atoms with Crippen LogP contribution in [0.25, 0.3) is 0 Å². The zero-order valence-corrected chi connectivity index (χ0v) is 11.8. The Labute approximate surface area is 122 Å². The lowest BCUT2D eigenvalue weighted by Gasteiger charge is -2.20. The molecule has 0 aliphatic carbocycles. The second-order valence-electron chi connectivity index (χ2n) is 4.50. The number of rotatable bonds is 5. The lowest BCUT2D eigenvalue weighted by Crippen LogP contribution is -2.20. The Morgan fingerprint density at radius 1 is 1.30 bits per heavy atom. The maximum absolute atomic E-state index is 10.9. The fourth-order valence-corrected chi connectivity index (χ4v) is 2.15. The van der Waals surface area contributed by atoms with Gasteiger partial charge in [-0.15, -0.1) is 0 Å². The molecule has 104 valence electrons. The van der Waals surface area contributed by atoms with Gasteiger partial charge >= 0.3 is 5.97 Å². The van der Waals surface area contributed by atoms with Crippen molar-refractivity contribution in [3.63, 3.8) is 0 Å². The van der Waals surface area contributed by atoms with Gasteiger partial charge in [0.1, 0.15) is 0 Å². The van der Waals surface area contributed by atoms with Crippen LogP contribution >= 0.6 is 11.6 Å². The maximum atomic E-state index is 10.9. The van der Waals surface area contributed by atoms with Gasteiger partial charge in [-0.25, -0.2) is 4.79 Å². The summed E-state index contributed by atoms with van der Waals surface area (Å²) in [4.78, 5) is 16.9. The summed E-state index contributed by atoms with van der Waals surface area (Å²) in [5.41, 5.74) is 2.23. The van der Waals surface area contributed by atoms with Crippen molar-refractivity contribution in [2.24, 2.45) is 0 Å². The van der Waals surface area contributed by atoms with Crippen molar-refractivity contribution in [2.75, 3.05) is 18.5 Å². The van der Waals surface area contributed by atoms with Crippen LogP contribution in [-0.4, -0.2) is 29.7 Å². The number of carbonyl (C=O) groups is 1. The first-order valence-electron chi connectivity index (χ1n) is 6.21. The molecule has 4 nitrogen and oxygen atoms in total. The molecule has 0 bridgehead atoms. The molecule has 1 N–H and O–H groups in total.